The highest BCUT2D eigenvalue weighted by Gasteiger charge is 2.58. The second-order valence-corrected chi connectivity index (χ2v) is 6.91. The highest BCUT2D eigenvalue weighted by molar-refractivity contribution is 5.12. The summed E-state index contributed by atoms with van der Waals surface area (Å²) < 4.78 is 5.90. The Morgan fingerprint density at radius 3 is 2.19 bits per heavy atom. The van der Waals surface area contributed by atoms with E-state index in [0.717, 1.165) is 36.9 Å². The fraction of sp³-hybridized carbons (Fsp3) is 1.00. The Labute approximate surface area is 98.1 Å². The normalized spacial score (nSPS) is 59.4. The van der Waals surface area contributed by atoms with Crippen LogP contribution >= 0.6 is 0 Å². The van der Waals surface area contributed by atoms with Crippen LogP contribution in [0, 0.1) is 23.7 Å². The molecule has 4 bridgehead atoms. The fourth-order valence-electron chi connectivity index (χ4n) is 5.44. The molecule has 0 aromatic carbocycles. The predicted octanol–water partition coefficient (Wildman–Crippen LogP) is 2.19. The summed E-state index contributed by atoms with van der Waals surface area (Å²) in [5.74, 6) is 3.97. The van der Waals surface area contributed by atoms with Crippen molar-refractivity contribution in [3.05, 3.63) is 0 Å². The van der Waals surface area contributed by atoms with Gasteiger partial charge in [0.1, 0.15) is 0 Å². The van der Waals surface area contributed by atoms with Gasteiger partial charge in [-0.15, -0.1) is 0 Å². The first kappa shape index (κ1) is 9.90. The Morgan fingerprint density at radius 2 is 1.62 bits per heavy atom. The Hall–Kier alpha value is -0.0800. The Bertz CT molecular complexity index is 273. The van der Waals surface area contributed by atoms with E-state index in [1.54, 1.807) is 6.42 Å². The van der Waals surface area contributed by atoms with Crippen LogP contribution in [-0.4, -0.2) is 24.8 Å². The van der Waals surface area contributed by atoms with E-state index in [9.17, 15) is 0 Å². The standard InChI is InChI=1S/C14H23NO/c1-9-7-16-8-14(15-9)12-3-10-2-11(5-12)6-13(14)4-10/h9-13,15H,2-8H2,1H3/t9-,10?,11?,12?,13?,14?/m0/s1. The average Bonchev–Trinajstić information content (AvgIpc) is 2.25. The number of rotatable bonds is 0. The van der Waals surface area contributed by atoms with E-state index < -0.39 is 0 Å². The van der Waals surface area contributed by atoms with Gasteiger partial charge in [0.25, 0.3) is 0 Å². The summed E-state index contributed by atoms with van der Waals surface area (Å²) in [7, 11) is 0. The van der Waals surface area contributed by atoms with Gasteiger partial charge < -0.3 is 10.1 Å². The molecular formula is C14H23NO. The molecule has 2 heteroatoms. The number of nitrogens with one attached hydrogen (secondary N) is 1. The van der Waals surface area contributed by atoms with Gasteiger partial charge in [0.05, 0.1) is 13.2 Å². The van der Waals surface area contributed by atoms with Crippen LogP contribution in [0.2, 0.25) is 0 Å². The second-order valence-electron chi connectivity index (χ2n) is 6.91. The van der Waals surface area contributed by atoms with Crippen molar-refractivity contribution in [3.8, 4) is 0 Å². The second kappa shape index (κ2) is 3.23. The van der Waals surface area contributed by atoms with E-state index in [1.165, 1.54) is 25.7 Å². The molecule has 1 N–H and O–H groups in total. The number of ether oxygens (including phenoxy) is 1. The molecule has 0 amide bonds. The highest BCUT2D eigenvalue weighted by atomic mass is 16.5. The summed E-state index contributed by atoms with van der Waals surface area (Å²) in [4.78, 5) is 0. The van der Waals surface area contributed by atoms with E-state index in [4.69, 9.17) is 4.74 Å². The van der Waals surface area contributed by atoms with Crippen LogP contribution in [0.4, 0.5) is 0 Å². The third-order valence-corrected chi connectivity index (χ3v) is 5.82. The van der Waals surface area contributed by atoms with Gasteiger partial charge in [0, 0.05) is 11.6 Å². The van der Waals surface area contributed by atoms with Crippen molar-refractivity contribution in [2.75, 3.05) is 13.2 Å². The van der Waals surface area contributed by atoms with Crippen LogP contribution in [0.1, 0.15) is 39.0 Å². The molecule has 1 saturated heterocycles. The highest BCUT2D eigenvalue weighted by Crippen LogP contribution is 2.58. The van der Waals surface area contributed by atoms with Crippen LogP contribution in [0.25, 0.3) is 0 Å². The predicted molar refractivity (Wildman–Crippen MR) is 63.2 cm³/mol. The molecule has 5 fully saturated rings. The van der Waals surface area contributed by atoms with Gasteiger partial charge in [0.2, 0.25) is 0 Å². The molecular weight excluding hydrogens is 198 g/mol. The molecule has 0 aromatic rings. The first-order valence-corrected chi connectivity index (χ1v) is 7.12. The lowest BCUT2D eigenvalue weighted by molar-refractivity contribution is -0.136. The van der Waals surface area contributed by atoms with Crippen LogP contribution in [0.5, 0.6) is 0 Å². The number of hydrogen-bond donors (Lipinski definition) is 1. The Morgan fingerprint density at radius 1 is 1.00 bits per heavy atom. The minimum absolute atomic E-state index is 0.380. The van der Waals surface area contributed by atoms with E-state index in [1.807, 2.05) is 0 Å². The summed E-state index contributed by atoms with van der Waals surface area (Å²) in [6.45, 7) is 4.19. The van der Waals surface area contributed by atoms with Crippen molar-refractivity contribution in [2.24, 2.45) is 23.7 Å². The summed E-state index contributed by atoms with van der Waals surface area (Å²) in [5, 5.41) is 3.95. The summed E-state index contributed by atoms with van der Waals surface area (Å²) in [5.41, 5.74) is 0.380. The first-order valence-electron chi connectivity index (χ1n) is 7.12. The van der Waals surface area contributed by atoms with Gasteiger partial charge in [-0.2, -0.15) is 0 Å². The van der Waals surface area contributed by atoms with Crippen LogP contribution in [0.15, 0.2) is 0 Å². The van der Waals surface area contributed by atoms with Gasteiger partial charge >= 0.3 is 0 Å². The van der Waals surface area contributed by atoms with Crippen LogP contribution in [-0.2, 0) is 4.74 Å². The summed E-state index contributed by atoms with van der Waals surface area (Å²) in [6, 6.07) is 0.561. The Kier molecular flexibility index (Phi) is 2.00. The van der Waals surface area contributed by atoms with Gasteiger partial charge in [-0.05, 0) is 62.7 Å². The van der Waals surface area contributed by atoms with Gasteiger partial charge in [-0.1, -0.05) is 0 Å². The zero-order valence-corrected chi connectivity index (χ0v) is 10.2. The van der Waals surface area contributed by atoms with E-state index >= 15 is 0 Å². The first-order chi connectivity index (χ1) is 7.76. The van der Waals surface area contributed by atoms with Crippen molar-refractivity contribution < 1.29 is 4.74 Å². The lowest BCUT2D eigenvalue weighted by Gasteiger charge is -2.63. The van der Waals surface area contributed by atoms with Crippen LogP contribution in [0.3, 0.4) is 0 Å². The van der Waals surface area contributed by atoms with E-state index in [0.29, 0.717) is 11.6 Å². The zero-order valence-electron chi connectivity index (χ0n) is 10.2. The maximum atomic E-state index is 5.90. The van der Waals surface area contributed by atoms with Gasteiger partial charge in [-0.25, -0.2) is 0 Å². The van der Waals surface area contributed by atoms with Crippen molar-refractivity contribution >= 4 is 0 Å². The summed E-state index contributed by atoms with van der Waals surface area (Å²) in [6.07, 6.45) is 7.47. The zero-order chi connectivity index (χ0) is 10.8. The van der Waals surface area contributed by atoms with E-state index in [2.05, 4.69) is 12.2 Å². The smallest absolute Gasteiger partial charge is 0.0654 e. The molecule has 0 aromatic heterocycles. The molecule has 90 valence electrons. The molecule has 0 unspecified atom stereocenters. The molecule has 1 aliphatic heterocycles. The summed E-state index contributed by atoms with van der Waals surface area (Å²) >= 11 is 0. The van der Waals surface area contributed by atoms with Gasteiger partial charge in [0.15, 0.2) is 0 Å². The van der Waals surface area contributed by atoms with Crippen LogP contribution < -0.4 is 5.32 Å². The average molecular weight is 221 g/mol. The Balaban J connectivity index is 1.67. The lowest BCUT2D eigenvalue weighted by atomic mass is 9.48. The quantitative estimate of drug-likeness (QED) is 0.677. The SMILES string of the molecule is C[C@H]1COCC2(N1)C1CC3CC(C1)CC2C3. The molecule has 2 nitrogen and oxygen atoms in total. The van der Waals surface area contributed by atoms with Crippen molar-refractivity contribution in [3.63, 3.8) is 0 Å². The molecule has 1 spiro atoms. The minimum atomic E-state index is 0.380. The fourth-order valence-corrected chi connectivity index (χ4v) is 5.44. The third-order valence-electron chi connectivity index (χ3n) is 5.82. The molecule has 4 saturated carbocycles. The minimum Gasteiger partial charge on any atom is -0.378 e. The third kappa shape index (κ3) is 1.20. The molecule has 1 atom stereocenters. The monoisotopic (exact) mass is 221 g/mol. The van der Waals surface area contributed by atoms with E-state index in [-0.39, 0.29) is 0 Å². The largest absolute Gasteiger partial charge is 0.378 e. The molecule has 1 heterocycles. The maximum absolute atomic E-state index is 5.90. The number of hydrogen-bond acceptors (Lipinski definition) is 2. The topological polar surface area (TPSA) is 21.3 Å². The lowest BCUT2D eigenvalue weighted by Crippen LogP contribution is -2.71. The molecule has 4 aliphatic carbocycles. The van der Waals surface area contributed by atoms with Crippen molar-refractivity contribution in [2.45, 2.75) is 50.6 Å². The molecule has 0 radical (unpaired) electrons. The molecule has 5 aliphatic rings. The number of morpholine rings is 1. The molecule has 16 heavy (non-hydrogen) atoms. The molecule has 5 rings (SSSR count). The van der Waals surface area contributed by atoms with Gasteiger partial charge in [-0.3, -0.25) is 0 Å². The van der Waals surface area contributed by atoms with Crippen molar-refractivity contribution in [1.29, 1.82) is 0 Å². The maximum Gasteiger partial charge on any atom is 0.0654 e. The van der Waals surface area contributed by atoms with Crippen molar-refractivity contribution in [1.82, 2.24) is 5.32 Å².